The molecule has 0 bridgehead atoms. The van der Waals surface area contributed by atoms with Crippen molar-refractivity contribution in [2.45, 2.75) is 6.92 Å². The number of hydrogen-bond acceptors (Lipinski definition) is 5. The Morgan fingerprint density at radius 2 is 1.47 bits per heavy atom. The first-order chi connectivity index (χ1) is 15.5. The lowest BCUT2D eigenvalue weighted by Gasteiger charge is -2.11. The smallest absolute Gasteiger partial charge is 0.257 e. The second-order valence-electron chi connectivity index (χ2n) is 6.99. The van der Waals surface area contributed by atoms with Gasteiger partial charge < -0.3 is 16.0 Å². The van der Waals surface area contributed by atoms with Crippen LogP contribution in [0.25, 0.3) is 0 Å². The van der Waals surface area contributed by atoms with Crippen LogP contribution in [0.2, 0.25) is 10.0 Å². The zero-order valence-corrected chi connectivity index (χ0v) is 18.6. The Hall–Kier alpha value is -3.61. The van der Waals surface area contributed by atoms with Crippen molar-refractivity contribution in [3.8, 4) is 0 Å². The molecule has 4 rings (SSSR count). The van der Waals surface area contributed by atoms with E-state index in [1.807, 2.05) is 55.5 Å². The molecule has 3 aromatic carbocycles. The Morgan fingerprint density at radius 1 is 0.781 bits per heavy atom. The average molecular weight is 464 g/mol. The molecule has 0 unspecified atom stereocenters. The quantitative estimate of drug-likeness (QED) is 0.292. The third kappa shape index (κ3) is 5.55. The molecule has 3 N–H and O–H groups in total. The molecule has 0 aliphatic heterocycles. The second kappa shape index (κ2) is 9.68. The molecule has 0 atom stereocenters. The molecule has 0 aliphatic rings. The Morgan fingerprint density at radius 3 is 2.19 bits per heavy atom. The number of nitrogens with zero attached hydrogens (tertiary/aromatic N) is 2. The summed E-state index contributed by atoms with van der Waals surface area (Å²) in [4.78, 5) is 21.4. The fourth-order valence-corrected chi connectivity index (χ4v) is 3.49. The number of rotatable bonds is 6. The van der Waals surface area contributed by atoms with E-state index < -0.39 is 0 Å². The Kier molecular flexibility index (Phi) is 6.54. The lowest BCUT2D eigenvalue weighted by atomic mass is 10.2. The molecule has 4 aromatic rings. The predicted octanol–water partition coefficient (Wildman–Crippen LogP) is 6.83. The normalized spacial score (nSPS) is 10.5. The van der Waals surface area contributed by atoms with Crippen LogP contribution in [0.5, 0.6) is 0 Å². The number of halogens is 2. The van der Waals surface area contributed by atoms with Crippen molar-refractivity contribution in [1.29, 1.82) is 0 Å². The van der Waals surface area contributed by atoms with Gasteiger partial charge in [-0.3, -0.25) is 4.79 Å². The van der Waals surface area contributed by atoms with Gasteiger partial charge in [-0.2, -0.15) is 4.98 Å². The van der Waals surface area contributed by atoms with Crippen LogP contribution < -0.4 is 16.0 Å². The third-order valence-corrected chi connectivity index (χ3v) is 5.02. The number of aromatic nitrogens is 2. The standard InChI is InChI=1S/C24H19Cl2N5O/c1-15-13-22(28-17-5-3-2-4-6-17)31-24(27-15)30-19-10-8-18(9-11-19)29-23(32)20-12-7-16(25)14-21(20)26/h2-14H,1H3,(H,29,32)(H2,27,28,30,31). The van der Waals surface area contributed by atoms with E-state index in [9.17, 15) is 4.79 Å². The summed E-state index contributed by atoms with van der Waals surface area (Å²) in [5.74, 6) is 0.842. The lowest BCUT2D eigenvalue weighted by molar-refractivity contribution is 0.102. The SMILES string of the molecule is Cc1cc(Nc2ccccc2)nc(Nc2ccc(NC(=O)c3ccc(Cl)cc3Cl)cc2)n1. The highest BCUT2D eigenvalue weighted by Gasteiger charge is 2.11. The molecule has 0 fully saturated rings. The Balaban J connectivity index is 1.44. The summed E-state index contributed by atoms with van der Waals surface area (Å²) in [5.41, 5.74) is 3.53. The molecular weight excluding hydrogens is 445 g/mol. The van der Waals surface area contributed by atoms with Crippen LogP contribution in [-0.4, -0.2) is 15.9 Å². The largest absolute Gasteiger partial charge is 0.340 e. The predicted molar refractivity (Wildman–Crippen MR) is 131 cm³/mol. The highest BCUT2D eigenvalue weighted by atomic mass is 35.5. The van der Waals surface area contributed by atoms with Gasteiger partial charge in [-0.15, -0.1) is 0 Å². The maximum atomic E-state index is 12.5. The molecule has 1 heterocycles. The maximum Gasteiger partial charge on any atom is 0.257 e. The fourth-order valence-electron chi connectivity index (χ4n) is 3.00. The van der Waals surface area contributed by atoms with Gasteiger partial charge in [0.1, 0.15) is 5.82 Å². The number of carbonyl (C=O) groups is 1. The fraction of sp³-hybridized carbons (Fsp3) is 0.0417. The molecule has 1 aromatic heterocycles. The molecular formula is C24H19Cl2N5O. The van der Waals surface area contributed by atoms with E-state index in [0.717, 1.165) is 17.1 Å². The summed E-state index contributed by atoms with van der Waals surface area (Å²) in [6.07, 6.45) is 0. The molecule has 0 spiro atoms. The second-order valence-corrected chi connectivity index (χ2v) is 7.83. The van der Waals surface area contributed by atoms with Crippen LogP contribution in [0.3, 0.4) is 0 Å². The third-order valence-electron chi connectivity index (χ3n) is 4.48. The van der Waals surface area contributed by atoms with E-state index in [4.69, 9.17) is 23.2 Å². The number of anilines is 5. The van der Waals surface area contributed by atoms with Gasteiger partial charge in [0.05, 0.1) is 10.6 Å². The van der Waals surface area contributed by atoms with E-state index in [0.29, 0.717) is 33.1 Å². The van der Waals surface area contributed by atoms with Crippen molar-refractivity contribution in [3.05, 3.63) is 100 Å². The summed E-state index contributed by atoms with van der Waals surface area (Å²) in [7, 11) is 0. The van der Waals surface area contributed by atoms with E-state index in [2.05, 4.69) is 25.9 Å². The average Bonchev–Trinajstić information content (AvgIpc) is 2.75. The van der Waals surface area contributed by atoms with Gasteiger partial charge >= 0.3 is 0 Å². The monoisotopic (exact) mass is 463 g/mol. The van der Waals surface area contributed by atoms with Gasteiger partial charge in [-0.25, -0.2) is 4.98 Å². The number of para-hydroxylation sites is 1. The summed E-state index contributed by atoms with van der Waals surface area (Å²) in [6.45, 7) is 1.91. The highest BCUT2D eigenvalue weighted by molar-refractivity contribution is 6.37. The molecule has 0 radical (unpaired) electrons. The van der Waals surface area contributed by atoms with Crippen LogP contribution >= 0.6 is 23.2 Å². The van der Waals surface area contributed by atoms with Gasteiger partial charge in [-0.1, -0.05) is 41.4 Å². The van der Waals surface area contributed by atoms with Crippen LogP contribution in [-0.2, 0) is 0 Å². The van der Waals surface area contributed by atoms with Crippen LogP contribution in [0.15, 0.2) is 78.9 Å². The van der Waals surface area contributed by atoms with Gasteiger partial charge in [-0.05, 0) is 61.5 Å². The van der Waals surface area contributed by atoms with Crippen molar-refractivity contribution in [3.63, 3.8) is 0 Å². The molecule has 8 heteroatoms. The van der Waals surface area contributed by atoms with Gasteiger partial charge in [0.2, 0.25) is 5.95 Å². The molecule has 0 saturated heterocycles. The molecule has 160 valence electrons. The number of aryl methyl sites for hydroxylation is 1. The number of carbonyl (C=O) groups excluding carboxylic acids is 1. The van der Waals surface area contributed by atoms with Crippen LogP contribution in [0.4, 0.5) is 28.8 Å². The Bertz CT molecular complexity index is 1250. The van der Waals surface area contributed by atoms with Gasteiger partial charge in [0, 0.05) is 33.8 Å². The number of amides is 1. The zero-order chi connectivity index (χ0) is 22.5. The molecule has 32 heavy (non-hydrogen) atoms. The van der Waals surface area contributed by atoms with Gasteiger partial charge in [0.15, 0.2) is 0 Å². The maximum absolute atomic E-state index is 12.5. The van der Waals surface area contributed by atoms with Crippen LogP contribution in [0.1, 0.15) is 16.1 Å². The molecule has 0 saturated carbocycles. The van der Waals surface area contributed by atoms with E-state index in [-0.39, 0.29) is 5.91 Å². The van der Waals surface area contributed by atoms with Gasteiger partial charge in [0.25, 0.3) is 5.91 Å². The first-order valence-corrected chi connectivity index (χ1v) is 10.5. The van der Waals surface area contributed by atoms with Crippen LogP contribution in [0, 0.1) is 6.92 Å². The van der Waals surface area contributed by atoms with Crippen molar-refractivity contribution >= 4 is 57.9 Å². The number of benzene rings is 3. The summed E-state index contributed by atoms with van der Waals surface area (Å²) >= 11 is 12.0. The van der Waals surface area contributed by atoms with Crippen molar-refractivity contribution < 1.29 is 4.79 Å². The van der Waals surface area contributed by atoms with Crippen molar-refractivity contribution in [1.82, 2.24) is 9.97 Å². The first-order valence-electron chi connectivity index (χ1n) is 9.77. The number of nitrogens with one attached hydrogen (secondary N) is 3. The number of hydrogen-bond donors (Lipinski definition) is 3. The Labute approximate surface area is 195 Å². The summed E-state index contributed by atoms with van der Waals surface area (Å²) < 4.78 is 0. The van der Waals surface area contributed by atoms with Crippen molar-refractivity contribution in [2.75, 3.05) is 16.0 Å². The minimum atomic E-state index is -0.314. The minimum Gasteiger partial charge on any atom is -0.340 e. The van der Waals surface area contributed by atoms with E-state index >= 15 is 0 Å². The summed E-state index contributed by atoms with van der Waals surface area (Å²) in [6, 6.07) is 23.6. The first kappa shape index (κ1) is 21.6. The summed E-state index contributed by atoms with van der Waals surface area (Å²) in [5, 5.41) is 10.0. The topological polar surface area (TPSA) is 78.9 Å². The zero-order valence-electron chi connectivity index (χ0n) is 17.1. The highest BCUT2D eigenvalue weighted by Crippen LogP contribution is 2.23. The van der Waals surface area contributed by atoms with Crippen molar-refractivity contribution in [2.24, 2.45) is 0 Å². The molecule has 6 nitrogen and oxygen atoms in total. The van der Waals surface area contributed by atoms with E-state index in [1.165, 1.54) is 6.07 Å². The van der Waals surface area contributed by atoms with E-state index in [1.54, 1.807) is 24.3 Å². The lowest BCUT2D eigenvalue weighted by Crippen LogP contribution is -2.12. The molecule has 1 amide bonds. The molecule has 0 aliphatic carbocycles. The minimum absolute atomic E-state index is 0.296.